The van der Waals surface area contributed by atoms with E-state index in [0.29, 0.717) is 24.2 Å². The zero-order valence-corrected chi connectivity index (χ0v) is 15.3. The molecule has 1 aliphatic carbocycles. The fourth-order valence-electron chi connectivity index (χ4n) is 4.31. The predicted molar refractivity (Wildman–Crippen MR) is 101 cm³/mol. The normalized spacial score (nSPS) is 22.5. The van der Waals surface area contributed by atoms with Crippen LogP contribution < -0.4 is 4.74 Å². The maximum atomic E-state index is 12.9. The zero-order valence-electron chi connectivity index (χ0n) is 15.3. The number of esters is 1. The summed E-state index contributed by atoms with van der Waals surface area (Å²) in [4.78, 5) is 25.7. The number of aryl methyl sites for hydroxylation is 1. The summed E-state index contributed by atoms with van der Waals surface area (Å²) in [6, 6.07) is 13.5. The maximum Gasteiger partial charge on any atom is 0.323 e. The minimum absolute atomic E-state index is 0.0646. The van der Waals surface area contributed by atoms with Crippen LogP contribution in [0.1, 0.15) is 47.3 Å². The second-order valence-corrected chi connectivity index (χ2v) is 7.87. The van der Waals surface area contributed by atoms with E-state index in [0.717, 1.165) is 16.7 Å². The van der Waals surface area contributed by atoms with Gasteiger partial charge in [0.15, 0.2) is 5.78 Å². The number of allylic oxidation sites excluding steroid dienone is 2. The molecule has 0 saturated heterocycles. The Morgan fingerprint density at radius 3 is 2.54 bits per heavy atom. The number of carbonyl (C=O) groups is 2. The third-order valence-corrected chi connectivity index (χ3v) is 5.90. The van der Waals surface area contributed by atoms with Crippen molar-refractivity contribution in [2.75, 3.05) is 0 Å². The van der Waals surface area contributed by atoms with Gasteiger partial charge in [0.2, 0.25) is 0 Å². The molecule has 0 aromatic heterocycles. The van der Waals surface area contributed by atoms with Gasteiger partial charge in [-0.15, -0.1) is 0 Å². The summed E-state index contributed by atoms with van der Waals surface area (Å²) < 4.78 is 5.62. The highest BCUT2D eigenvalue weighted by Crippen LogP contribution is 2.57. The number of rotatable bonds is 3. The van der Waals surface area contributed by atoms with E-state index in [1.165, 1.54) is 0 Å². The Morgan fingerprint density at radius 1 is 1.15 bits per heavy atom. The third-order valence-electron chi connectivity index (χ3n) is 5.90. The highest BCUT2D eigenvalue weighted by atomic mass is 16.5. The van der Waals surface area contributed by atoms with Crippen molar-refractivity contribution in [3.63, 3.8) is 0 Å². The molecule has 0 bridgehead atoms. The fourth-order valence-corrected chi connectivity index (χ4v) is 4.31. The number of fused-ring (bicyclic) bond motifs is 2. The van der Waals surface area contributed by atoms with Gasteiger partial charge < -0.3 is 4.74 Å². The van der Waals surface area contributed by atoms with Crippen LogP contribution in [0.3, 0.4) is 0 Å². The lowest BCUT2D eigenvalue weighted by molar-refractivity contribution is -0.141. The van der Waals surface area contributed by atoms with E-state index >= 15 is 0 Å². The minimum Gasteiger partial charge on any atom is -0.425 e. The molecule has 2 aromatic rings. The lowest BCUT2D eigenvalue weighted by Gasteiger charge is -2.34. The molecule has 1 spiro atoms. The van der Waals surface area contributed by atoms with E-state index in [2.05, 4.69) is 19.9 Å². The van der Waals surface area contributed by atoms with E-state index < -0.39 is 5.41 Å². The third kappa shape index (κ3) is 2.27. The van der Waals surface area contributed by atoms with Crippen LogP contribution in [0.4, 0.5) is 0 Å². The molecule has 2 aromatic carbocycles. The Hall–Kier alpha value is -2.68. The number of hydrogen-bond acceptors (Lipinski definition) is 3. The largest absolute Gasteiger partial charge is 0.425 e. The Labute approximate surface area is 153 Å². The molecule has 4 rings (SSSR count). The molecule has 1 heterocycles. The molecule has 132 valence electrons. The van der Waals surface area contributed by atoms with Crippen LogP contribution in [0.5, 0.6) is 5.75 Å². The molecule has 0 saturated carbocycles. The first-order valence-corrected chi connectivity index (χ1v) is 8.97. The molecule has 0 unspecified atom stereocenters. The van der Waals surface area contributed by atoms with Crippen molar-refractivity contribution in [1.82, 2.24) is 0 Å². The van der Waals surface area contributed by atoms with Gasteiger partial charge in [-0.25, -0.2) is 0 Å². The fraction of sp³-hybridized carbons (Fsp3) is 0.304. The van der Waals surface area contributed by atoms with Crippen molar-refractivity contribution in [2.24, 2.45) is 5.41 Å². The van der Waals surface area contributed by atoms with Crippen molar-refractivity contribution in [3.8, 4) is 5.75 Å². The molecule has 3 heteroatoms. The lowest BCUT2D eigenvalue weighted by atomic mass is 9.64. The highest BCUT2D eigenvalue weighted by Gasteiger charge is 2.59. The molecule has 26 heavy (non-hydrogen) atoms. The quantitative estimate of drug-likeness (QED) is 0.354. The van der Waals surface area contributed by atoms with Crippen molar-refractivity contribution >= 4 is 11.8 Å². The van der Waals surface area contributed by atoms with E-state index in [4.69, 9.17) is 4.74 Å². The van der Waals surface area contributed by atoms with E-state index in [9.17, 15) is 9.59 Å². The molecular weight excluding hydrogens is 324 g/mol. The number of hydrogen-bond donors (Lipinski definition) is 0. The number of ether oxygens (including phenoxy) is 1. The Morgan fingerprint density at radius 2 is 1.88 bits per heavy atom. The van der Waals surface area contributed by atoms with Crippen molar-refractivity contribution in [3.05, 3.63) is 76.9 Å². The first kappa shape index (κ1) is 16.8. The van der Waals surface area contributed by atoms with E-state index in [1.54, 1.807) is 0 Å². The van der Waals surface area contributed by atoms with Crippen molar-refractivity contribution in [2.45, 2.75) is 39.0 Å². The van der Waals surface area contributed by atoms with E-state index in [1.807, 2.05) is 55.5 Å². The average molecular weight is 346 g/mol. The van der Waals surface area contributed by atoms with Gasteiger partial charge in [-0.1, -0.05) is 56.3 Å². The van der Waals surface area contributed by atoms with Crippen LogP contribution in [0.25, 0.3) is 0 Å². The average Bonchev–Trinajstić information content (AvgIpc) is 3.05. The second kappa shape index (κ2) is 5.66. The molecule has 0 amide bonds. The topological polar surface area (TPSA) is 43.4 Å². The summed E-state index contributed by atoms with van der Waals surface area (Å²) in [5.41, 5.74) is 2.29. The van der Waals surface area contributed by atoms with Gasteiger partial charge in [-0.05, 0) is 36.6 Å². The van der Waals surface area contributed by atoms with Crippen LogP contribution in [0.15, 0.2) is 54.6 Å². The van der Waals surface area contributed by atoms with E-state index in [-0.39, 0.29) is 17.2 Å². The summed E-state index contributed by atoms with van der Waals surface area (Å²) in [6.07, 6.45) is 5.08. The predicted octanol–water partition coefficient (Wildman–Crippen LogP) is 4.56. The van der Waals surface area contributed by atoms with Crippen molar-refractivity contribution in [1.29, 1.82) is 0 Å². The summed E-state index contributed by atoms with van der Waals surface area (Å²) in [6.45, 7) is 6.01. The highest BCUT2D eigenvalue weighted by molar-refractivity contribution is 6.01. The molecule has 0 radical (unpaired) electrons. The van der Waals surface area contributed by atoms with Gasteiger partial charge in [-0.2, -0.15) is 0 Å². The molecule has 0 fully saturated rings. The van der Waals surface area contributed by atoms with Gasteiger partial charge in [0.1, 0.15) is 11.2 Å². The number of Topliss-reactive ketones (excluding diaryl/α,β-unsaturated/α-hetero) is 1. The van der Waals surface area contributed by atoms with Gasteiger partial charge in [0, 0.05) is 23.0 Å². The maximum absolute atomic E-state index is 12.9. The summed E-state index contributed by atoms with van der Waals surface area (Å²) in [7, 11) is 0. The smallest absolute Gasteiger partial charge is 0.323 e. The molecule has 0 N–H and O–H groups in total. The molecule has 1 atom stereocenters. The molecule has 2 aliphatic rings. The summed E-state index contributed by atoms with van der Waals surface area (Å²) >= 11 is 0. The van der Waals surface area contributed by atoms with Crippen LogP contribution in [0, 0.1) is 12.3 Å². The molecule has 1 aliphatic heterocycles. The Kier molecular flexibility index (Phi) is 3.65. The molecule has 3 nitrogen and oxygen atoms in total. The lowest BCUT2D eigenvalue weighted by Crippen LogP contribution is -2.43. The van der Waals surface area contributed by atoms with Crippen LogP contribution in [-0.2, 0) is 16.6 Å². The van der Waals surface area contributed by atoms with Crippen LogP contribution >= 0.6 is 0 Å². The van der Waals surface area contributed by atoms with Gasteiger partial charge in [0.25, 0.3) is 0 Å². The molecular formula is C23H22O3. The monoisotopic (exact) mass is 346 g/mol. The van der Waals surface area contributed by atoms with Crippen LogP contribution in [0.2, 0.25) is 0 Å². The van der Waals surface area contributed by atoms with Crippen LogP contribution in [-0.4, -0.2) is 11.8 Å². The number of benzene rings is 2. The van der Waals surface area contributed by atoms with Gasteiger partial charge in [-0.3, -0.25) is 9.59 Å². The SMILES string of the molecule is Cc1cc2c(cc1C(=O)Cc1ccccc1)[C@]1(CC=CC1(C)C)C(=O)O2. The standard InChI is InChI=1S/C23H22O3/c1-15-12-20-18(23(21(25)26-20)11-7-10-22(23,2)3)14-17(15)19(24)13-16-8-5-4-6-9-16/h4-10,12,14H,11,13H2,1-3H3/t23-/m1/s1. The Bertz CT molecular complexity index is 937. The number of carbonyl (C=O) groups excluding carboxylic acids is 2. The van der Waals surface area contributed by atoms with Gasteiger partial charge >= 0.3 is 5.97 Å². The first-order chi connectivity index (χ1) is 12.3. The second-order valence-electron chi connectivity index (χ2n) is 7.87. The summed E-state index contributed by atoms with van der Waals surface area (Å²) in [5, 5.41) is 0. The van der Waals surface area contributed by atoms with Gasteiger partial charge in [0.05, 0.1) is 0 Å². The van der Waals surface area contributed by atoms with Crippen molar-refractivity contribution < 1.29 is 14.3 Å². The summed E-state index contributed by atoms with van der Waals surface area (Å²) in [5.74, 6) is 0.449. The number of ketones is 1. The minimum atomic E-state index is -0.724. The Balaban J connectivity index is 1.78. The zero-order chi connectivity index (χ0) is 18.5. The first-order valence-electron chi connectivity index (χ1n) is 8.97.